The Bertz CT molecular complexity index is 1440. The van der Waals surface area contributed by atoms with Gasteiger partial charge in [0.05, 0.1) is 31.0 Å². The van der Waals surface area contributed by atoms with Crippen LogP contribution in [-0.2, 0) is 18.9 Å². The van der Waals surface area contributed by atoms with E-state index in [-0.39, 0.29) is 34.0 Å². The van der Waals surface area contributed by atoms with Crippen LogP contribution in [0.4, 0.5) is 0 Å². The summed E-state index contributed by atoms with van der Waals surface area (Å²) in [6, 6.07) is 0. The molecule has 15 heteroatoms. The van der Waals surface area contributed by atoms with Gasteiger partial charge in [-0.2, -0.15) is 0 Å². The van der Waals surface area contributed by atoms with Crippen LogP contribution >= 0.6 is 0 Å². The fourth-order valence-corrected chi connectivity index (χ4v) is 12.7. The molecule has 0 aromatic heterocycles. The van der Waals surface area contributed by atoms with Crippen molar-refractivity contribution in [2.24, 2.45) is 45.3 Å². The summed E-state index contributed by atoms with van der Waals surface area (Å²) in [6.45, 7) is 15.2. The van der Waals surface area contributed by atoms with Crippen LogP contribution in [0, 0.1) is 45.3 Å². The minimum absolute atomic E-state index is 0.0258. The molecule has 0 radical (unpaired) electrons. The van der Waals surface area contributed by atoms with Crippen LogP contribution in [-0.4, -0.2) is 161 Å². The molecule has 2 aliphatic heterocycles. The van der Waals surface area contributed by atoms with Crippen molar-refractivity contribution in [1.29, 1.82) is 0 Å². The molecule has 0 aromatic rings. The lowest BCUT2D eigenvalue weighted by Gasteiger charge is -2.66. The molecule has 3 saturated carbocycles. The molecular formula is C42H72O15. The summed E-state index contributed by atoms with van der Waals surface area (Å²) in [5, 5.41) is 116. The molecule has 2 saturated heterocycles. The molecule has 57 heavy (non-hydrogen) atoms. The molecule has 15 nitrogen and oxygen atoms in total. The first-order valence-corrected chi connectivity index (χ1v) is 21.1. The number of fused-ring (bicyclic) bond motifs is 5. The van der Waals surface area contributed by atoms with Crippen molar-refractivity contribution in [3.05, 3.63) is 11.6 Å². The van der Waals surface area contributed by atoms with E-state index in [2.05, 4.69) is 40.7 Å². The fraction of sp³-hybridized carbons (Fsp3) is 0.952. The van der Waals surface area contributed by atoms with E-state index in [9.17, 15) is 56.2 Å². The highest BCUT2D eigenvalue weighted by Crippen LogP contribution is 2.75. The molecular weight excluding hydrogens is 744 g/mol. The predicted molar refractivity (Wildman–Crippen MR) is 204 cm³/mol. The monoisotopic (exact) mass is 816 g/mol. The van der Waals surface area contributed by atoms with Gasteiger partial charge < -0.3 is 75.1 Å². The Morgan fingerprint density at radius 1 is 0.754 bits per heavy atom. The largest absolute Gasteiger partial charge is 0.394 e. The molecule has 6 rings (SSSR count). The standard InChI is InChI=1S/C42H72O15/c1-19(27(44)32(49)35(52)39(4,5)53)20-13-14-42(8)25-11-9-21-22(40(25,6)15-16-41(20,42)7)10-12-26(38(21,2)3)57-37-34(51)31(48)29(46)24(56-37)18-54-36-33(50)30(47)28(45)23(17-43)55-36/h9,19-20,22-37,43-53H,10-18H2,1-8H3/t19-,20-,22+,23-,24-,25-,26+,27+,28-,29-,30+,31+,32+,33+,34+,35-,36-,37+,40+,41-,42-/m1/s1. The molecule has 330 valence electrons. The van der Waals surface area contributed by atoms with E-state index in [1.54, 1.807) is 0 Å². The third-order valence-corrected chi connectivity index (χ3v) is 16.7. The van der Waals surface area contributed by atoms with Gasteiger partial charge in [0.1, 0.15) is 61.0 Å². The number of aliphatic hydroxyl groups excluding tert-OH is 10. The molecule has 6 aliphatic rings. The Kier molecular flexibility index (Phi) is 12.9. The summed E-state index contributed by atoms with van der Waals surface area (Å²) >= 11 is 0. The van der Waals surface area contributed by atoms with Crippen LogP contribution in [0.25, 0.3) is 0 Å². The van der Waals surface area contributed by atoms with Gasteiger partial charge in [0.15, 0.2) is 12.6 Å². The van der Waals surface area contributed by atoms with Gasteiger partial charge in [-0.25, -0.2) is 0 Å². The van der Waals surface area contributed by atoms with Crippen molar-refractivity contribution >= 4 is 0 Å². The average molecular weight is 817 g/mol. The fourth-order valence-electron chi connectivity index (χ4n) is 12.7. The SMILES string of the molecule is C[C@@H]([C@H](O)[C@H](O)[C@@H](O)C(C)(C)O)[C@H]1CC[C@]2(C)[C@@H]3CC=C4[C@H](CC[C@H](O[C@@H]5O[C@H](CO[C@@H]6O[C@H](CO)[C@@H](O)[C@H](O)[C@@H]6O)[C@@H](O)[C@H](O)[C@@H]5O)C4(C)C)[C@]3(C)CC[C@]12C. The maximum Gasteiger partial charge on any atom is 0.187 e. The lowest BCUT2D eigenvalue weighted by atomic mass is 9.39. The summed E-state index contributed by atoms with van der Waals surface area (Å²) < 4.78 is 23.6. The van der Waals surface area contributed by atoms with Crippen LogP contribution in [0.5, 0.6) is 0 Å². The van der Waals surface area contributed by atoms with Crippen LogP contribution in [0.15, 0.2) is 11.6 Å². The van der Waals surface area contributed by atoms with Gasteiger partial charge in [0.25, 0.3) is 0 Å². The van der Waals surface area contributed by atoms with Crippen molar-refractivity contribution in [1.82, 2.24) is 0 Å². The number of allylic oxidation sites excluding steroid dienone is 1. The maximum absolute atomic E-state index is 11.4. The van der Waals surface area contributed by atoms with Gasteiger partial charge in [-0.15, -0.1) is 0 Å². The summed E-state index contributed by atoms with van der Waals surface area (Å²) in [5.41, 5.74) is -0.959. The van der Waals surface area contributed by atoms with E-state index in [1.807, 2.05) is 6.92 Å². The Morgan fingerprint density at radius 2 is 1.35 bits per heavy atom. The Balaban J connectivity index is 1.15. The Labute approximate surface area is 336 Å². The molecule has 4 aliphatic carbocycles. The van der Waals surface area contributed by atoms with Gasteiger partial charge in [0, 0.05) is 5.41 Å². The molecule has 0 bridgehead atoms. The summed E-state index contributed by atoms with van der Waals surface area (Å²) in [5.74, 6) is 0.434. The van der Waals surface area contributed by atoms with E-state index in [0.29, 0.717) is 12.3 Å². The van der Waals surface area contributed by atoms with Crippen molar-refractivity contribution in [3.8, 4) is 0 Å². The van der Waals surface area contributed by atoms with E-state index in [1.165, 1.54) is 19.4 Å². The number of hydrogen-bond donors (Lipinski definition) is 11. The second kappa shape index (κ2) is 16.1. The third-order valence-electron chi connectivity index (χ3n) is 16.7. The van der Waals surface area contributed by atoms with Gasteiger partial charge in [-0.1, -0.05) is 53.2 Å². The van der Waals surface area contributed by atoms with E-state index in [4.69, 9.17) is 18.9 Å². The number of ether oxygens (including phenoxy) is 4. The molecule has 0 amide bonds. The summed E-state index contributed by atoms with van der Waals surface area (Å²) in [6.07, 6.45) is -11.0. The van der Waals surface area contributed by atoms with E-state index >= 15 is 0 Å². The van der Waals surface area contributed by atoms with Crippen LogP contribution in [0.1, 0.15) is 100 Å². The van der Waals surface area contributed by atoms with Gasteiger partial charge in [-0.05, 0) is 98.7 Å². The third kappa shape index (κ3) is 7.49. The Hall–Kier alpha value is -0.860. The van der Waals surface area contributed by atoms with Gasteiger partial charge >= 0.3 is 0 Å². The number of aliphatic hydroxyl groups is 11. The normalized spacial score (nSPS) is 49.5. The van der Waals surface area contributed by atoms with Crippen LogP contribution < -0.4 is 0 Å². The first-order chi connectivity index (χ1) is 26.4. The lowest BCUT2D eigenvalue weighted by Crippen LogP contribution is -2.63. The van der Waals surface area contributed by atoms with Gasteiger partial charge in [0.2, 0.25) is 0 Å². The summed E-state index contributed by atoms with van der Waals surface area (Å²) in [4.78, 5) is 0. The van der Waals surface area contributed by atoms with Crippen molar-refractivity contribution in [2.45, 2.75) is 192 Å². The summed E-state index contributed by atoms with van der Waals surface area (Å²) in [7, 11) is 0. The van der Waals surface area contributed by atoms with Crippen molar-refractivity contribution in [2.75, 3.05) is 13.2 Å². The van der Waals surface area contributed by atoms with E-state index in [0.717, 1.165) is 38.5 Å². The molecule has 11 N–H and O–H groups in total. The average Bonchev–Trinajstić information content (AvgIpc) is 3.43. The van der Waals surface area contributed by atoms with Crippen molar-refractivity contribution < 1.29 is 75.1 Å². The highest BCUT2D eigenvalue weighted by molar-refractivity contribution is 5.30. The minimum Gasteiger partial charge on any atom is -0.394 e. The van der Waals surface area contributed by atoms with E-state index < -0.39 is 110 Å². The maximum atomic E-state index is 11.4. The lowest BCUT2D eigenvalue weighted by molar-refractivity contribution is -0.340. The zero-order valence-corrected chi connectivity index (χ0v) is 34.9. The molecule has 2 heterocycles. The molecule has 0 unspecified atom stereocenters. The molecule has 0 spiro atoms. The topological polar surface area (TPSA) is 259 Å². The molecule has 21 atom stereocenters. The molecule has 5 fully saturated rings. The Morgan fingerprint density at radius 3 is 1.96 bits per heavy atom. The predicted octanol–water partition coefficient (Wildman–Crippen LogP) is 0.0906. The van der Waals surface area contributed by atoms with Gasteiger partial charge in [-0.3, -0.25) is 0 Å². The first kappa shape index (κ1) is 45.7. The van der Waals surface area contributed by atoms with Crippen LogP contribution in [0.2, 0.25) is 0 Å². The zero-order valence-electron chi connectivity index (χ0n) is 34.9. The minimum atomic E-state index is -1.67. The second-order valence-corrected chi connectivity index (χ2v) is 20.4. The number of hydrogen-bond acceptors (Lipinski definition) is 15. The zero-order chi connectivity index (χ0) is 42.4. The quantitative estimate of drug-likeness (QED) is 0.124. The molecule has 0 aromatic carbocycles. The second-order valence-electron chi connectivity index (χ2n) is 20.4. The highest BCUT2D eigenvalue weighted by atomic mass is 16.7. The highest BCUT2D eigenvalue weighted by Gasteiger charge is 2.68. The van der Waals surface area contributed by atoms with Crippen molar-refractivity contribution in [3.63, 3.8) is 0 Å². The first-order valence-electron chi connectivity index (χ1n) is 21.1. The number of rotatable bonds is 11. The smallest absolute Gasteiger partial charge is 0.187 e. The van der Waals surface area contributed by atoms with Crippen LogP contribution in [0.3, 0.4) is 0 Å².